The van der Waals surface area contributed by atoms with Gasteiger partial charge in [-0.2, -0.15) is 0 Å². The smallest absolute Gasteiger partial charge is 0.0842 e. The van der Waals surface area contributed by atoms with E-state index in [0.29, 0.717) is 0 Å². The molecular weight excluding hydrogens is 343 g/mol. The molecular formula is C15H15ClI+. The van der Waals surface area contributed by atoms with Gasteiger partial charge in [0, 0.05) is 22.2 Å². The highest BCUT2D eigenvalue weighted by Gasteiger charge is 2.21. The SMILES string of the molecule is Cc1cc(C)c([I+]c2cccc(Cl)c2)c(C)c1. The number of halogens is 2. The van der Waals surface area contributed by atoms with Crippen LogP contribution in [-0.2, 0) is 0 Å². The van der Waals surface area contributed by atoms with Gasteiger partial charge in [-0.15, -0.1) is 0 Å². The molecule has 0 N–H and O–H groups in total. The highest BCUT2D eigenvalue weighted by Crippen LogP contribution is 2.08. The fourth-order valence-electron chi connectivity index (χ4n) is 1.94. The maximum atomic E-state index is 6.03. The number of benzene rings is 2. The molecule has 0 aromatic heterocycles. The Kier molecular flexibility index (Phi) is 4.10. The molecule has 0 spiro atoms. The molecule has 2 aromatic carbocycles. The lowest BCUT2D eigenvalue weighted by atomic mass is 10.1. The molecule has 0 bridgehead atoms. The third kappa shape index (κ3) is 3.23. The van der Waals surface area contributed by atoms with E-state index in [1.54, 1.807) is 0 Å². The van der Waals surface area contributed by atoms with E-state index in [1.165, 1.54) is 23.8 Å². The average molecular weight is 358 g/mol. The molecule has 0 unspecified atom stereocenters. The predicted octanol–water partition coefficient (Wildman–Crippen LogP) is 1.39. The summed E-state index contributed by atoms with van der Waals surface area (Å²) in [4.78, 5) is 0. The molecule has 88 valence electrons. The topological polar surface area (TPSA) is 0 Å². The van der Waals surface area contributed by atoms with Crippen LogP contribution in [0.5, 0.6) is 0 Å². The first-order valence-electron chi connectivity index (χ1n) is 5.54. The normalized spacial score (nSPS) is 10.6. The maximum Gasteiger partial charge on any atom is 0.358 e. The zero-order valence-electron chi connectivity index (χ0n) is 10.2. The van der Waals surface area contributed by atoms with Gasteiger partial charge in [0.25, 0.3) is 0 Å². The first-order chi connectivity index (χ1) is 8.06. The lowest BCUT2D eigenvalue weighted by Crippen LogP contribution is -3.62. The largest absolute Gasteiger partial charge is 0.358 e. The molecule has 0 saturated carbocycles. The Morgan fingerprint density at radius 1 is 0.941 bits per heavy atom. The van der Waals surface area contributed by atoms with Gasteiger partial charge in [-0.25, -0.2) is 0 Å². The molecule has 0 amide bonds. The summed E-state index contributed by atoms with van der Waals surface area (Å²) in [6.07, 6.45) is 0. The fourth-order valence-corrected chi connectivity index (χ4v) is 4.98. The van der Waals surface area contributed by atoms with E-state index in [0.717, 1.165) is 5.02 Å². The number of aryl methyl sites for hydroxylation is 3. The second-order valence-corrected chi connectivity index (χ2v) is 7.55. The second kappa shape index (κ2) is 5.40. The van der Waals surface area contributed by atoms with Crippen molar-refractivity contribution in [3.63, 3.8) is 0 Å². The van der Waals surface area contributed by atoms with E-state index in [1.807, 2.05) is 12.1 Å². The van der Waals surface area contributed by atoms with Crippen LogP contribution in [0.15, 0.2) is 36.4 Å². The van der Waals surface area contributed by atoms with Gasteiger partial charge in [-0.3, -0.25) is 0 Å². The third-order valence-electron chi connectivity index (χ3n) is 2.57. The van der Waals surface area contributed by atoms with Crippen LogP contribution in [0.2, 0.25) is 5.02 Å². The molecule has 0 nitrogen and oxygen atoms in total. The third-order valence-corrected chi connectivity index (χ3v) is 6.34. The zero-order chi connectivity index (χ0) is 12.4. The van der Waals surface area contributed by atoms with Crippen LogP contribution < -0.4 is 21.2 Å². The van der Waals surface area contributed by atoms with E-state index in [-0.39, 0.29) is 21.2 Å². The molecule has 2 heteroatoms. The van der Waals surface area contributed by atoms with Crippen LogP contribution >= 0.6 is 11.6 Å². The summed E-state index contributed by atoms with van der Waals surface area (Å²) >= 11 is 5.90. The molecule has 0 radical (unpaired) electrons. The van der Waals surface area contributed by atoms with Crippen LogP contribution in [0.3, 0.4) is 0 Å². The van der Waals surface area contributed by atoms with Crippen molar-refractivity contribution in [2.75, 3.05) is 0 Å². The second-order valence-electron chi connectivity index (χ2n) is 4.25. The molecule has 17 heavy (non-hydrogen) atoms. The molecule has 0 fully saturated rings. The van der Waals surface area contributed by atoms with Crippen molar-refractivity contribution in [2.45, 2.75) is 20.8 Å². The molecule has 0 aliphatic heterocycles. The van der Waals surface area contributed by atoms with Crippen molar-refractivity contribution in [2.24, 2.45) is 0 Å². The summed E-state index contributed by atoms with van der Waals surface area (Å²) in [5, 5.41) is 0.838. The first-order valence-corrected chi connectivity index (χ1v) is 8.08. The maximum absolute atomic E-state index is 6.03. The van der Waals surface area contributed by atoms with Crippen LogP contribution in [0.1, 0.15) is 16.7 Å². The van der Waals surface area contributed by atoms with Crippen molar-refractivity contribution in [3.8, 4) is 0 Å². The Balaban J connectivity index is 2.36. The van der Waals surface area contributed by atoms with E-state index in [4.69, 9.17) is 11.6 Å². The lowest BCUT2D eigenvalue weighted by molar-refractivity contribution is -0.598. The van der Waals surface area contributed by atoms with Crippen LogP contribution in [0.4, 0.5) is 0 Å². The van der Waals surface area contributed by atoms with Gasteiger partial charge < -0.3 is 0 Å². The summed E-state index contributed by atoms with van der Waals surface area (Å²) in [5.41, 5.74) is 4.17. The van der Waals surface area contributed by atoms with Gasteiger partial charge in [0.2, 0.25) is 0 Å². The Morgan fingerprint density at radius 3 is 2.18 bits per heavy atom. The van der Waals surface area contributed by atoms with E-state index in [9.17, 15) is 0 Å². The number of hydrogen-bond acceptors (Lipinski definition) is 0. The average Bonchev–Trinajstić information content (AvgIpc) is 2.23. The van der Waals surface area contributed by atoms with Crippen LogP contribution in [0, 0.1) is 27.9 Å². The van der Waals surface area contributed by atoms with Crippen LogP contribution in [-0.4, -0.2) is 0 Å². The van der Waals surface area contributed by atoms with Crippen molar-refractivity contribution >= 4 is 11.6 Å². The van der Waals surface area contributed by atoms with E-state index in [2.05, 4.69) is 45.0 Å². The van der Waals surface area contributed by atoms with E-state index < -0.39 is 0 Å². The minimum atomic E-state index is -0.129. The Morgan fingerprint density at radius 2 is 1.59 bits per heavy atom. The monoisotopic (exact) mass is 357 g/mol. The Labute approximate surface area is 118 Å². The van der Waals surface area contributed by atoms with Crippen molar-refractivity contribution in [3.05, 3.63) is 65.3 Å². The van der Waals surface area contributed by atoms with Gasteiger partial charge in [-0.1, -0.05) is 35.4 Å². The standard InChI is InChI=1S/C15H15ClI/c1-10-7-11(2)15(12(3)8-10)17-14-6-4-5-13(16)9-14/h4-9H,1-3H3/q+1. The minimum Gasteiger partial charge on any atom is -0.0842 e. The summed E-state index contributed by atoms with van der Waals surface area (Å²) in [6.45, 7) is 6.57. The lowest BCUT2D eigenvalue weighted by Gasteiger charge is -2.00. The summed E-state index contributed by atoms with van der Waals surface area (Å²) < 4.78 is 2.91. The fraction of sp³-hybridized carbons (Fsp3) is 0.200. The summed E-state index contributed by atoms with van der Waals surface area (Å²) in [6, 6.07) is 12.8. The van der Waals surface area contributed by atoms with Gasteiger partial charge in [0.05, 0.1) is 0 Å². The molecule has 2 aromatic rings. The molecule has 2 rings (SSSR count). The Hall–Kier alpha value is -0.540. The van der Waals surface area contributed by atoms with Gasteiger partial charge in [0.15, 0.2) is 7.14 Å². The van der Waals surface area contributed by atoms with Crippen molar-refractivity contribution < 1.29 is 21.2 Å². The minimum absolute atomic E-state index is 0.129. The number of rotatable bonds is 2. The molecule has 0 atom stereocenters. The Bertz CT molecular complexity index is 523. The van der Waals surface area contributed by atoms with Gasteiger partial charge in [-0.05, 0) is 32.9 Å². The molecule has 0 saturated heterocycles. The highest BCUT2D eigenvalue weighted by atomic mass is 127. The first kappa shape index (κ1) is 12.9. The predicted molar refractivity (Wildman–Crippen MR) is 69.5 cm³/mol. The van der Waals surface area contributed by atoms with Crippen molar-refractivity contribution in [1.82, 2.24) is 0 Å². The quantitative estimate of drug-likeness (QED) is 0.713. The van der Waals surface area contributed by atoms with E-state index >= 15 is 0 Å². The number of hydrogen-bond donors (Lipinski definition) is 0. The van der Waals surface area contributed by atoms with Gasteiger partial charge >= 0.3 is 21.2 Å². The molecule has 0 heterocycles. The van der Waals surface area contributed by atoms with Crippen LogP contribution in [0.25, 0.3) is 0 Å². The zero-order valence-corrected chi connectivity index (χ0v) is 13.1. The molecule has 0 aliphatic carbocycles. The molecule has 0 aliphatic rings. The summed E-state index contributed by atoms with van der Waals surface area (Å²) in [7, 11) is 0. The van der Waals surface area contributed by atoms with Crippen molar-refractivity contribution in [1.29, 1.82) is 0 Å². The highest BCUT2D eigenvalue weighted by molar-refractivity contribution is 6.30. The van der Waals surface area contributed by atoms with Gasteiger partial charge in [0.1, 0.15) is 0 Å². The summed E-state index contributed by atoms with van der Waals surface area (Å²) in [5.74, 6) is 0.